The lowest BCUT2D eigenvalue weighted by Gasteiger charge is -2.39. The summed E-state index contributed by atoms with van der Waals surface area (Å²) in [4.78, 5) is 11.1. The maximum absolute atomic E-state index is 11.1. The third-order valence-electron chi connectivity index (χ3n) is 4.45. The van der Waals surface area contributed by atoms with Gasteiger partial charge in [-0.2, -0.15) is 11.8 Å². The van der Waals surface area contributed by atoms with E-state index in [2.05, 4.69) is 0 Å². The third kappa shape index (κ3) is 5.17. The molecule has 1 aliphatic heterocycles. The minimum absolute atomic E-state index is 0.0135. The summed E-state index contributed by atoms with van der Waals surface area (Å²) in [6, 6.07) is 19.8. The van der Waals surface area contributed by atoms with Gasteiger partial charge in [-0.3, -0.25) is 0 Å². The van der Waals surface area contributed by atoms with Crippen LogP contribution in [0.2, 0.25) is 0 Å². The second-order valence-corrected chi connectivity index (χ2v) is 7.64. The van der Waals surface area contributed by atoms with Crippen LogP contribution >= 0.6 is 11.8 Å². The summed E-state index contributed by atoms with van der Waals surface area (Å²) in [5.74, 6) is 0.545. The summed E-state index contributed by atoms with van der Waals surface area (Å²) in [5.41, 5.74) is 2.11. The van der Waals surface area contributed by atoms with Crippen molar-refractivity contribution in [3.63, 3.8) is 0 Å². The van der Waals surface area contributed by atoms with Gasteiger partial charge in [-0.25, -0.2) is 0 Å². The number of aliphatic hydroxyl groups excluding tert-OH is 1. The number of hydrogen-bond donors (Lipinski definition) is 1. The highest BCUT2D eigenvalue weighted by Gasteiger charge is 2.40. The van der Waals surface area contributed by atoms with Crippen LogP contribution in [0.4, 0.5) is 0 Å². The number of thioether (sulfide) groups is 1. The van der Waals surface area contributed by atoms with E-state index in [1.54, 1.807) is 11.8 Å². The van der Waals surface area contributed by atoms with E-state index >= 15 is 0 Å². The van der Waals surface area contributed by atoms with E-state index in [9.17, 15) is 9.90 Å². The van der Waals surface area contributed by atoms with E-state index in [0.29, 0.717) is 25.4 Å². The number of carbonyl (C=O) groups excluding carboxylic acids is 1. The Hall–Kier alpha value is -1.66. The zero-order valence-corrected chi connectivity index (χ0v) is 15.4. The van der Waals surface area contributed by atoms with E-state index in [1.165, 1.54) is 0 Å². The molecule has 0 aliphatic carbocycles. The van der Waals surface area contributed by atoms with Crippen molar-refractivity contribution in [2.24, 2.45) is 0 Å². The SMILES string of the molecule is O=CC[C@@H]1SC[C@@H](O)[C@@H](OCc2ccccc2)[C@H]1OCc1ccccc1. The standard InChI is InChI=1S/C21H24O4S/c22-12-11-19-21(25-14-17-9-5-2-6-10-17)20(18(23)15-26-19)24-13-16-7-3-1-4-8-16/h1-10,12,18-21,23H,11,13-15H2/t18-,19+,20-,21+/m1/s1. The number of aliphatic hydroxyl groups is 1. The Morgan fingerprint density at radius 1 is 0.923 bits per heavy atom. The summed E-state index contributed by atoms with van der Waals surface area (Å²) in [7, 11) is 0. The van der Waals surface area contributed by atoms with Crippen LogP contribution in [0.3, 0.4) is 0 Å². The van der Waals surface area contributed by atoms with Crippen molar-refractivity contribution in [1.29, 1.82) is 0 Å². The number of benzene rings is 2. The van der Waals surface area contributed by atoms with Gasteiger partial charge in [0.05, 0.1) is 25.4 Å². The van der Waals surface area contributed by atoms with Crippen LogP contribution in [-0.2, 0) is 27.5 Å². The predicted octanol–water partition coefficient (Wildman–Crippen LogP) is 3.22. The highest BCUT2D eigenvalue weighted by atomic mass is 32.2. The van der Waals surface area contributed by atoms with Gasteiger partial charge in [-0.05, 0) is 11.1 Å². The second kappa shape index (κ2) is 9.88. The molecule has 0 aromatic heterocycles. The Labute approximate surface area is 158 Å². The molecule has 1 aliphatic rings. The molecule has 0 amide bonds. The van der Waals surface area contributed by atoms with E-state index < -0.39 is 12.2 Å². The minimum atomic E-state index is -0.618. The van der Waals surface area contributed by atoms with E-state index in [1.807, 2.05) is 60.7 Å². The minimum Gasteiger partial charge on any atom is -0.389 e. The molecule has 5 heteroatoms. The van der Waals surface area contributed by atoms with Crippen molar-refractivity contribution in [2.75, 3.05) is 5.75 Å². The average molecular weight is 372 g/mol. The first-order chi connectivity index (χ1) is 12.8. The zero-order chi connectivity index (χ0) is 18.2. The maximum Gasteiger partial charge on any atom is 0.121 e. The van der Waals surface area contributed by atoms with Crippen molar-refractivity contribution >= 4 is 18.0 Å². The monoisotopic (exact) mass is 372 g/mol. The highest BCUT2D eigenvalue weighted by Crippen LogP contribution is 2.33. The molecular formula is C21H24O4S. The van der Waals surface area contributed by atoms with Gasteiger partial charge in [0.25, 0.3) is 0 Å². The smallest absolute Gasteiger partial charge is 0.121 e. The molecule has 0 bridgehead atoms. The quantitative estimate of drug-likeness (QED) is 0.721. The Bertz CT molecular complexity index is 664. The molecule has 0 saturated carbocycles. The molecular weight excluding hydrogens is 348 g/mol. The number of aldehydes is 1. The molecule has 2 aromatic rings. The van der Waals surface area contributed by atoms with Crippen LogP contribution in [0.25, 0.3) is 0 Å². The van der Waals surface area contributed by atoms with Gasteiger partial charge in [0.15, 0.2) is 0 Å². The molecule has 0 unspecified atom stereocenters. The normalized spacial score (nSPS) is 25.7. The van der Waals surface area contributed by atoms with Crippen LogP contribution in [0.5, 0.6) is 0 Å². The van der Waals surface area contributed by atoms with Crippen LogP contribution < -0.4 is 0 Å². The molecule has 4 nitrogen and oxygen atoms in total. The lowest BCUT2D eigenvalue weighted by atomic mass is 10.0. The Morgan fingerprint density at radius 2 is 1.46 bits per heavy atom. The lowest BCUT2D eigenvalue weighted by molar-refractivity contribution is -0.132. The highest BCUT2D eigenvalue weighted by molar-refractivity contribution is 8.00. The first-order valence-electron chi connectivity index (χ1n) is 8.82. The molecule has 1 saturated heterocycles. The van der Waals surface area contributed by atoms with Crippen molar-refractivity contribution in [3.05, 3.63) is 71.8 Å². The second-order valence-electron chi connectivity index (χ2n) is 6.36. The van der Waals surface area contributed by atoms with Crippen LogP contribution in [0.15, 0.2) is 60.7 Å². The van der Waals surface area contributed by atoms with Crippen molar-refractivity contribution in [3.8, 4) is 0 Å². The average Bonchev–Trinajstić information content (AvgIpc) is 2.69. The Morgan fingerprint density at radius 3 is 2.00 bits per heavy atom. The Kier molecular flexibility index (Phi) is 7.26. The fraction of sp³-hybridized carbons (Fsp3) is 0.381. The van der Waals surface area contributed by atoms with Gasteiger partial charge in [-0.15, -0.1) is 0 Å². The van der Waals surface area contributed by atoms with Gasteiger partial charge in [-0.1, -0.05) is 60.7 Å². The van der Waals surface area contributed by atoms with E-state index in [-0.39, 0.29) is 11.4 Å². The molecule has 0 radical (unpaired) electrons. The Balaban J connectivity index is 1.69. The van der Waals surface area contributed by atoms with Crippen molar-refractivity contribution in [1.82, 2.24) is 0 Å². The molecule has 1 fully saturated rings. The van der Waals surface area contributed by atoms with Gasteiger partial charge >= 0.3 is 0 Å². The summed E-state index contributed by atoms with van der Waals surface area (Å²) in [5, 5.41) is 10.5. The topological polar surface area (TPSA) is 55.8 Å². The third-order valence-corrected chi connectivity index (χ3v) is 5.87. The molecule has 26 heavy (non-hydrogen) atoms. The number of ether oxygens (including phenoxy) is 2. The van der Waals surface area contributed by atoms with E-state index in [0.717, 1.165) is 17.4 Å². The van der Waals surface area contributed by atoms with Crippen LogP contribution in [0, 0.1) is 0 Å². The summed E-state index contributed by atoms with van der Waals surface area (Å²) in [6.07, 6.45) is -0.0970. The summed E-state index contributed by atoms with van der Waals surface area (Å²) < 4.78 is 12.2. The van der Waals surface area contributed by atoms with Gasteiger partial charge in [0.1, 0.15) is 12.4 Å². The molecule has 3 rings (SSSR count). The number of carbonyl (C=O) groups is 1. The molecule has 0 spiro atoms. The zero-order valence-electron chi connectivity index (χ0n) is 14.6. The maximum atomic E-state index is 11.1. The molecule has 138 valence electrons. The number of hydrogen-bond acceptors (Lipinski definition) is 5. The lowest BCUT2D eigenvalue weighted by Crippen LogP contribution is -2.51. The molecule has 2 aromatic carbocycles. The molecule has 1 heterocycles. The fourth-order valence-electron chi connectivity index (χ4n) is 3.08. The predicted molar refractivity (Wildman–Crippen MR) is 103 cm³/mol. The number of rotatable bonds is 8. The molecule has 4 atom stereocenters. The molecule has 1 N–H and O–H groups in total. The van der Waals surface area contributed by atoms with Crippen molar-refractivity contribution in [2.45, 2.75) is 43.2 Å². The van der Waals surface area contributed by atoms with Crippen molar-refractivity contribution < 1.29 is 19.4 Å². The largest absolute Gasteiger partial charge is 0.389 e. The summed E-state index contributed by atoms with van der Waals surface area (Å²) in [6.45, 7) is 0.839. The first-order valence-corrected chi connectivity index (χ1v) is 9.87. The first kappa shape index (κ1) is 19.1. The van der Waals surface area contributed by atoms with Gasteiger partial charge < -0.3 is 19.4 Å². The van der Waals surface area contributed by atoms with Crippen LogP contribution in [-0.4, -0.2) is 40.7 Å². The van der Waals surface area contributed by atoms with E-state index in [4.69, 9.17) is 9.47 Å². The van der Waals surface area contributed by atoms with Gasteiger partial charge in [0.2, 0.25) is 0 Å². The fourth-order valence-corrected chi connectivity index (χ4v) is 4.35. The van der Waals surface area contributed by atoms with Gasteiger partial charge in [0, 0.05) is 17.4 Å². The summed E-state index contributed by atoms with van der Waals surface area (Å²) >= 11 is 1.58. The van der Waals surface area contributed by atoms with Crippen LogP contribution in [0.1, 0.15) is 17.5 Å².